The zero-order valence-corrected chi connectivity index (χ0v) is 12.8. The van der Waals surface area contributed by atoms with Gasteiger partial charge in [0.1, 0.15) is 16.2 Å². The third kappa shape index (κ3) is 1.44. The van der Waals surface area contributed by atoms with Crippen molar-refractivity contribution in [2.24, 2.45) is 16.2 Å². The van der Waals surface area contributed by atoms with E-state index in [-0.39, 0.29) is 17.3 Å². The molecule has 0 spiro atoms. The van der Waals surface area contributed by atoms with Crippen molar-refractivity contribution in [1.29, 1.82) is 0 Å². The Morgan fingerprint density at radius 1 is 0.727 bits per heavy atom. The molecule has 4 nitrogen and oxygen atoms in total. The van der Waals surface area contributed by atoms with E-state index in [1.54, 1.807) is 18.2 Å². The number of Topliss-reactive ketones (excluding diaryl/α,β-unsaturated/α-hetero) is 3. The Morgan fingerprint density at radius 2 is 1.00 bits per heavy atom. The first-order valence-corrected chi connectivity index (χ1v) is 7.63. The first-order chi connectivity index (χ1) is 10.4. The molecule has 0 unspecified atom stereocenters. The Bertz CT molecular complexity index is 512. The molecular weight excluding hydrogens is 278 g/mol. The number of nitrogens with zero attached hydrogens (tertiary/aromatic N) is 1. The third-order valence-corrected chi connectivity index (χ3v) is 5.57. The van der Waals surface area contributed by atoms with E-state index in [0.29, 0.717) is 38.9 Å². The van der Waals surface area contributed by atoms with Crippen LogP contribution in [-0.2, 0) is 14.4 Å². The number of allylic oxidation sites excluding steroid dienone is 3. The van der Waals surface area contributed by atoms with Gasteiger partial charge in [-0.05, 0) is 19.3 Å². The van der Waals surface area contributed by atoms with E-state index < -0.39 is 16.2 Å². The van der Waals surface area contributed by atoms with Gasteiger partial charge in [-0.2, -0.15) is 0 Å². The van der Waals surface area contributed by atoms with Crippen LogP contribution in [0.1, 0.15) is 19.3 Å². The predicted molar refractivity (Wildman–Crippen MR) is 83.2 cm³/mol. The van der Waals surface area contributed by atoms with Gasteiger partial charge in [0.15, 0.2) is 17.3 Å². The van der Waals surface area contributed by atoms with Gasteiger partial charge >= 0.3 is 0 Å². The number of piperidine rings is 3. The average molecular weight is 299 g/mol. The lowest BCUT2D eigenvalue weighted by molar-refractivity contribution is -0.191. The lowest BCUT2D eigenvalue weighted by Gasteiger charge is -2.63. The fourth-order valence-electron chi connectivity index (χ4n) is 4.92. The Labute approximate surface area is 130 Å². The van der Waals surface area contributed by atoms with Gasteiger partial charge in [-0.15, -0.1) is 19.7 Å². The highest BCUT2D eigenvalue weighted by molar-refractivity contribution is 6.32. The molecule has 4 heteroatoms. The number of hydrogen-bond acceptors (Lipinski definition) is 4. The SMILES string of the molecule is C=CCC12CN3CC(CC=C)(C1=O)C(=O)C(CC=C)(C3)C2=O. The summed E-state index contributed by atoms with van der Waals surface area (Å²) in [5.74, 6) is -0.652. The molecule has 4 rings (SSSR count). The van der Waals surface area contributed by atoms with E-state index in [2.05, 4.69) is 24.6 Å². The highest BCUT2D eigenvalue weighted by atomic mass is 16.2. The Hall–Kier alpha value is -1.81. The van der Waals surface area contributed by atoms with Crippen LogP contribution < -0.4 is 0 Å². The standard InChI is InChI=1S/C18H21NO3/c1-4-7-16-10-19-11-17(8-5-2,13(16)20)15(22)18(12-19,9-6-3)14(16)21/h4-6H,1-3,7-12H2. The molecule has 4 aliphatic rings. The summed E-state index contributed by atoms with van der Waals surface area (Å²) in [5, 5.41) is 0. The van der Waals surface area contributed by atoms with Crippen molar-refractivity contribution in [2.75, 3.05) is 19.6 Å². The summed E-state index contributed by atoms with van der Waals surface area (Å²) in [4.78, 5) is 41.6. The van der Waals surface area contributed by atoms with Gasteiger partial charge in [0.25, 0.3) is 0 Å². The Balaban J connectivity index is 2.25. The molecule has 4 bridgehead atoms. The van der Waals surface area contributed by atoms with Crippen LogP contribution in [0.15, 0.2) is 38.0 Å². The van der Waals surface area contributed by atoms with E-state index in [0.717, 1.165) is 0 Å². The molecule has 0 radical (unpaired) electrons. The number of carbonyl (C=O) groups is 3. The molecule has 116 valence electrons. The van der Waals surface area contributed by atoms with Crippen molar-refractivity contribution < 1.29 is 14.4 Å². The minimum Gasteiger partial charge on any atom is -0.299 e. The molecule has 0 aromatic heterocycles. The minimum atomic E-state index is -1.11. The summed E-state index contributed by atoms with van der Waals surface area (Å²) in [5.41, 5.74) is -3.34. The second kappa shape index (κ2) is 4.59. The van der Waals surface area contributed by atoms with Gasteiger partial charge < -0.3 is 0 Å². The van der Waals surface area contributed by atoms with Crippen molar-refractivity contribution >= 4 is 17.3 Å². The van der Waals surface area contributed by atoms with Crippen LogP contribution in [0.25, 0.3) is 0 Å². The van der Waals surface area contributed by atoms with Crippen LogP contribution in [0.2, 0.25) is 0 Å². The van der Waals surface area contributed by atoms with Crippen molar-refractivity contribution in [1.82, 2.24) is 4.90 Å². The molecule has 0 N–H and O–H groups in total. The molecule has 3 heterocycles. The normalized spacial score (nSPS) is 42.5. The zero-order chi connectivity index (χ0) is 16.2. The Kier molecular flexibility index (Phi) is 3.15. The summed E-state index contributed by atoms with van der Waals surface area (Å²) in [6, 6.07) is 0. The first kappa shape index (κ1) is 15.1. The predicted octanol–water partition coefficient (Wildman–Crippen LogP) is 1.72. The molecule has 0 aromatic rings. The molecule has 1 aliphatic carbocycles. The van der Waals surface area contributed by atoms with Gasteiger partial charge in [0.2, 0.25) is 0 Å². The van der Waals surface area contributed by atoms with E-state index in [1.165, 1.54) is 0 Å². The van der Waals surface area contributed by atoms with Crippen LogP contribution in [0.3, 0.4) is 0 Å². The summed E-state index contributed by atoms with van der Waals surface area (Å²) >= 11 is 0. The minimum absolute atomic E-state index is 0.217. The van der Waals surface area contributed by atoms with Crippen LogP contribution in [0.4, 0.5) is 0 Å². The highest BCUT2D eigenvalue weighted by Crippen LogP contribution is 2.59. The molecule has 0 atom stereocenters. The van der Waals surface area contributed by atoms with Crippen LogP contribution in [0, 0.1) is 16.2 Å². The van der Waals surface area contributed by atoms with Crippen molar-refractivity contribution in [2.45, 2.75) is 19.3 Å². The zero-order valence-electron chi connectivity index (χ0n) is 12.8. The second-order valence-electron chi connectivity index (χ2n) is 6.86. The fraction of sp³-hybridized carbons (Fsp3) is 0.500. The maximum atomic E-state index is 13.2. The Morgan fingerprint density at radius 3 is 1.23 bits per heavy atom. The molecule has 0 aromatic carbocycles. The van der Waals surface area contributed by atoms with Crippen LogP contribution in [0.5, 0.6) is 0 Å². The molecule has 0 amide bonds. The van der Waals surface area contributed by atoms with Gasteiger partial charge in [-0.25, -0.2) is 0 Å². The van der Waals surface area contributed by atoms with E-state index in [1.807, 2.05) is 0 Å². The number of hydrogen-bond donors (Lipinski definition) is 0. The van der Waals surface area contributed by atoms with Crippen molar-refractivity contribution in [3.8, 4) is 0 Å². The topological polar surface area (TPSA) is 54.5 Å². The summed E-state index contributed by atoms with van der Waals surface area (Å²) in [6.07, 6.45) is 5.76. The van der Waals surface area contributed by atoms with E-state index >= 15 is 0 Å². The number of ketones is 3. The van der Waals surface area contributed by atoms with E-state index in [4.69, 9.17) is 0 Å². The summed E-state index contributed by atoms with van der Waals surface area (Å²) in [7, 11) is 0. The van der Waals surface area contributed by atoms with Gasteiger partial charge in [0.05, 0.1) is 0 Å². The molecule has 3 saturated heterocycles. The number of carbonyl (C=O) groups excluding carboxylic acids is 3. The molecule has 22 heavy (non-hydrogen) atoms. The second-order valence-corrected chi connectivity index (χ2v) is 6.86. The molecular formula is C18H21NO3. The maximum absolute atomic E-state index is 13.2. The lowest BCUT2D eigenvalue weighted by Crippen LogP contribution is -2.81. The van der Waals surface area contributed by atoms with Crippen molar-refractivity contribution in [3.05, 3.63) is 38.0 Å². The van der Waals surface area contributed by atoms with Gasteiger partial charge in [-0.1, -0.05) is 18.2 Å². The van der Waals surface area contributed by atoms with Crippen LogP contribution >= 0.6 is 0 Å². The molecule has 4 fully saturated rings. The first-order valence-electron chi connectivity index (χ1n) is 7.63. The highest BCUT2D eigenvalue weighted by Gasteiger charge is 2.76. The largest absolute Gasteiger partial charge is 0.299 e. The lowest BCUT2D eigenvalue weighted by atomic mass is 9.43. The van der Waals surface area contributed by atoms with Crippen molar-refractivity contribution in [3.63, 3.8) is 0 Å². The molecule has 3 aliphatic heterocycles. The van der Waals surface area contributed by atoms with Crippen LogP contribution in [-0.4, -0.2) is 41.9 Å². The fourth-order valence-corrected chi connectivity index (χ4v) is 4.92. The van der Waals surface area contributed by atoms with Gasteiger partial charge in [0, 0.05) is 19.6 Å². The number of rotatable bonds is 6. The van der Waals surface area contributed by atoms with Gasteiger partial charge in [-0.3, -0.25) is 19.3 Å². The summed E-state index contributed by atoms with van der Waals surface area (Å²) in [6.45, 7) is 12.4. The third-order valence-electron chi connectivity index (χ3n) is 5.57. The maximum Gasteiger partial charge on any atom is 0.163 e. The average Bonchev–Trinajstić information content (AvgIpc) is 2.48. The van der Waals surface area contributed by atoms with E-state index in [9.17, 15) is 14.4 Å². The molecule has 1 saturated carbocycles. The smallest absolute Gasteiger partial charge is 0.163 e. The quantitative estimate of drug-likeness (QED) is 0.553. The monoisotopic (exact) mass is 299 g/mol. The summed E-state index contributed by atoms with van der Waals surface area (Å²) < 4.78 is 0.